The van der Waals surface area contributed by atoms with Gasteiger partial charge in [-0.1, -0.05) is 36.8 Å². The molecule has 9 nitrogen and oxygen atoms in total. The van der Waals surface area contributed by atoms with E-state index in [9.17, 15) is 4.79 Å². The lowest BCUT2D eigenvalue weighted by Gasteiger charge is -2.26. The first kappa shape index (κ1) is 29.8. The van der Waals surface area contributed by atoms with E-state index in [0.29, 0.717) is 40.5 Å². The molecule has 1 aromatic heterocycles. The van der Waals surface area contributed by atoms with Crippen molar-refractivity contribution >= 4 is 28.3 Å². The number of nitrogens with one attached hydrogen (secondary N) is 2. The number of hydrazone groups is 1. The Morgan fingerprint density at radius 1 is 0.977 bits per heavy atom. The third kappa shape index (κ3) is 7.98. The number of aromatic nitrogens is 1. The monoisotopic (exact) mass is 585 g/mol. The van der Waals surface area contributed by atoms with E-state index in [1.54, 1.807) is 38.4 Å². The summed E-state index contributed by atoms with van der Waals surface area (Å²) >= 11 is 0. The fraction of sp³-hybridized carbons (Fsp3) is 0.303. The summed E-state index contributed by atoms with van der Waals surface area (Å²) in [6.07, 6.45) is 6.37. The Balaban J connectivity index is 1.22. The SMILES string of the molecule is COc1cc2c(Oc3ccc(NC(=O)N/N=C(\C)c4ccccc4)cc3F)ccnc2cc1OCCCN1CCCCC1. The summed E-state index contributed by atoms with van der Waals surface area (Å²) in [4.78, 5) is 19.2. The van der Waals surface area contributed by atoms with E-state index >= 15 is 4.39 Å². The number of piperidine rings is 1. The summed E-state index contributed by atoms with van der Waals surface area (Å²) in [5.41, 5.74) is 4.82. The topological polar surface area (TPSA) is 97.3 Å². The largest absolute Gasteiger partial charge is 0.493 e. The van der Waals surface area contributed by atoms with Crippen molar-refractivity contribution in [2.45, 2.75) is 32.6 Å². The van der Waals surface area contributed by atoms with Gasteiger partial charge in [-0.25, -0.2) is 14.6 Å². The van der Waals surface area contributed by atoms with E-state index in [1.807, 2.05) is 36.4 Å². The molecule has 0 spiro atoms. The molecule has 2 amide bonds. The van der Waals surface area contributed by atoms with Gasteiger partial charge < -0.3 is 24.4 Å². The maximum atomic E-state index is 15.1. The quantitative estimate of drug-likeness (QED) is 0.112. The number of benzene rings is 3. The zero-order valence-electron chi connectivity index (χ0n) is 24.4. The normalized spacial score (nSPS) is 13.9. The van der Waals surface area contributed by atoms with Gasteiger partial charge in [0.15, 0.2) is 23.1 Å². The first-order valence-corrected chi connectivity index (χ1v) is 14.5. The third-order valence-electron chi connectivity index (χ3n) is 7.24. The maximum Gasteiger partial charge on any atom is 0.339 e. The third-order valence-corrected chi connectivity index (χ3v) is 7.24. The molecule has 5 rings (SSSR count). The Morgan fingerprint density at radius 3 is 2.56 bits per heavy atom. The van der Waals surface area contributed by atoms with E-state index in [2.05, 4.69) is 25.7 Å². The lowest BCUT2D eigenvalue weighted by Crippen LogP contribution is -2.31. The van der Waals surface area contributed by atoms with Gasteiger partial charge in [0.1, 0.15) is 5.75 Å². The Kier molecular flexibility index (Phi) is 10.0. The maximum absolute atomic E-state index is 15.1. The molecular weight excluding hydrogens is 549 g/mol. The van der Waals surface area contributed by atoms with Crippen LogP contribution < -0.4 is 25.0 Å². The predicted octanol–water partition coefficient (Wildman–Crippen LogP) is 6.98. The van der Waals surface area contributed by atoms with E-state index in [0.717, 1.165) is 31.6 Å². The van der Waals surface area contributed by atoms with E-state index in [1.165, 1.54) is 31.4 Å². The summed E-state index contributed by atoms with van der Waals surface area (Å²) in [5, 5.41) is 7.31. The number of amides is 2. The number of ether oxygens (including phenoxy) is 3. The van der Waals surface area contributed by atoms with Crippen molar-refractivity contribution in [1.29, 1.82) is 0 Å². The minimum absolute atomic E-state index is 0.00610. The lowest BCUT2D eigenvalue weighted by molar-refractivity contribution is 0.203. The second-order valence-electron chi connectivity index (χ2n) is 10.3. The van der Waals surface area contributed by atoms with Crippen molar-refractivity contribution in [3.8, 4) is 23.0 Å². The highest BCUT2D eigenvalue weighted by Gasteiger charge is 2.15. The Labute approximate surface area is 250 Å². The lowest BCUT2D eigenvalue weighted by atomic mass is 10.1. The van der Waals surface area contributed by atoms with Crippen LogP contribution in [0.15, 0.2) is 78.0 Å². The minimum atomic E-state index is -0.646. The molecule has 0 bridgehead atoms. The molecule has 0 unspecified atom stereocenters. The van der Waals surface area contributed by atoms with Crippen molar-refractivity contribution in [3.05, 3.63) is 84.3 Å². The summed E-state index contributed by atoms with van der Waals surface area (Å²) in [5.74, 6) is 0.893. The molecular formula is C33H36FN5O4. The van der Waals surface area contributed by atoms with E-state index in [4.69, 9.17) is 14.2 Å². The van der Waals surface area contributed by atoms with Gasteiger partial charge in [0.05, 0.1) is 24.9 Å². The number of nitrogens with zero attached hydrogens (tertiary/aromatic N) is 3. The number of anilines is 1. The first-order valence-electron chi connectivity index (χ1n) is 14.5. The van der Waals surface area contributed by atoms with Gasteiger partial charge in [0.25, 0.3) is 0 Å². The molecule has 0 saturated carbocycles. The molecule has 10 heteroatoms. The molecule has 3 aromatic carbocycles. The average molecular weight is 586 g/mol. The van der Waals surface area contributed by atoms with Crippen LogP contribution >= 0.6 is 0 Å². The number of rotatable bonds is 11. The molecule has 0 atom stereocenters. The number of hydrogen-bond acceptors (Lipinski definition) is 7. The van der Waals surface area contributed by atoms with Gasteiger partial charge in [0.2, 0.25) is 0 Å². The van der Waals surface area contributed by atoms with Gasteiger partial charge in [-0.2, -0.15) is 5.10 Å². The fourth-order valence-electron chi connectivity index (χ4n) is 4.96. The molecule has 0 aliphatic carbocycles. The zero-order valence-corrected chi connectivity index (χ0v) is 24.4. The molecule has 0 radical (unpaired) electrons. The number of likely N-dealkylation sites (tertiary alicyclic amines) is 1. The number of fused-ring (bicyclic) bond motifs is 1. The molecule has 1 aliphatic heterocycles. The average Bonchev–Trinajstić information content (AvgIpc) is 3.04. The molecule has 2 N–H and O–H groups in total. The molecule has 1 fully saturated rings. The van der Waals surface area contributed by atoms with E-state index in [-0.39, 0.29) is 11.4 Å². The van der Waals surface area contributed by atoms with Crippen molar-refractivity contribution in [1.82, 2.24) is 15.3 Å². The van der Waals surface area contributed by atoms with Crippen LogP contribution in [0.5, 0.6) is 23.0 Å². The summed E-state index contributed by atoms with van der Waals surface area (Å²) in [6, 6.07) is 18.3. The number of hydrogen-bond donors (Lipinski definition) is 2. The molecule has 1 saturated heterocycles. The van der Waals surface area contributed by atoms with Crippen LogP contribution in [0.2, 0.25) is 0 Å². The molecule has 1 aliphatic rings. The minimum Gasteiger partial charge on any atom is -0.493 e. The smallest absolute Gasteiger partial charge is 0.339 e. The highest BCUT2D eigenvalue weighted by atomic mass is 19.1. The summed E-state index contributed by atoms with van der Waals surface area (Å²) in [6.45, 7) is 5.68. The molecule has 43 heavy (non-hydrogen) atoms. The van der Waals surface area contributed by atoms with Crippen LogP contribution in [0.4, 0.5) is 14.9 Å². The number of carbonyl (C=O) groups is 1. The van der Waals surface area contributed by atoms with Crippen LogP contribution in [-0.2, 0) is 0 Å². The van der Waals surface area contributed by atoms with Crippen LogP contribution in [0.25, 0.3) is 10.9 Å². The van der Waals surface area contributed by atoms with Crippen molar-refractivity contribution in [3.63, 3.8) is 0 Å². The van der Waals surface area contributed by atoms with Gasteiger partial charge >= 0.3 is 6.03 Å². The Hall–Kier alpha value is -4.70. The number of urea groups is 1. The highest BCUT2D eigenvalue weighted by Crippen LogP contribution is 2.38. The van der Waals surface area contributed by atoms with E-state index < -0.39 is 11.8 Å². The Bertz CT molecular complexity index is 1570. The standard InChI is InChI=1S/C33H36FN5O4/c1-23(24-10-5-3-6-11-24)37-38-33(40)36-25-12-13-30(27(34)20-25)43-29-14-15-35-28-22-32(31(41-2)21-26(28)29)42-19-9-18-39-16-7-4-8-17-39/h3,5-6,10-15,20-22H,4,7-9,16-19H2,1-2H3,(H2,36,38,40)/b37-23+. The van der Waals surface area contributed by atoms with Crippen LogP contribution in [0.1, 0.15) is 38.2 Å². The summed E-state index contributed by atoms with van der Waals surface area (Å²) in [7, 11) is 1.58. The second-order valence-corrected chi connectivity index (χ2v) is 10.3. The highest BCUT2D eigenvalue weighted by molar-refractivity contribution is 5.99. The number of methoxy groups -OCH3 is 1. The Morgan fingerprint density at radius 2 is 1.79 bits per heavy atom. The second kappa shape index (κ2) is 14.5. The van der Waals surface area contributed by atoms with Crippen LogP contribution in [0.3, 0.4) is 0 Å². The van der Waals surface area contributed by atoms with Crippen molar-refractivity contribution in [2.24, 2.45) is 5.10 Å². The number of pyridine rings is 1. The first-order chi connectivity index (χ1) is 21.0. The van der Waals surface area contributed by atoms with Gasteiger partial charge in [-0.15, -0.1) is 0 Å². The number of carbonyl (C=O) groups excluding carboxylic acids is 1. The van der Waals surface area contributed by atoms with Crippen LogP contribution in [0, 0.1) is 5.82 Å². The van der Waals surface area contributed by atoms with Gasteiger partial charge in [0, 0.05) is 35.9 Å². The van der Waals surface area contributed by atoms with Gasteiger partial charge in [-0.3, -0.25) is 4.98 Å². The molecule has 224 valence electrons. The summed E-state index contributed by atoms with van der Waals surface area (Å²) < 4.78 is 32.7. The predicted molar refractivity (Wildman–Crippen MR) is 166 cm³/mol. The molecule has 2 heterocycles. The van der Waals surface area contributed by atoms with Gasteiger partial charge in [-0.05, 0) is 69.1 Å². The molecule has 4 aromatic rings. The van der Waals surface area contributed by atoms with Crippen LogP contribution in [-0.4, -0.2) is 55.0 Å². The fourth-order valence-corrected chi connectivity index (χ4v) is 4.96. The number of halogens is 1. The van der Waals surface area contributed by atoms with Crippen molar-refractivity contribution < 1.29 is 23.4 Å². The van der Waals surface area contributed by atoms with Crippen molar-refractivity contribution in [2.75, 3.05) is 38.7 Å². The zero-order chi connectivity index (χ0) is 30.0.